The lowest BCUT2D eigenvalue weighted by Gasteiger charge is -2.21. The molecule has 0 fully saturated rings. The summed E-state index contributed by atoms with van der Waals surface area (Å²) in [4.78, 5) is 23.5. The molecule has 0 N–H and O–H groups in total. The van der Waals surface area contributed by atoms with Crippen LogP contribution >= 0.6 is 0 Å². The Morgan fingerprint density at radius 2 is 2.18 bits per heavy atom. The van der Waals surface area contributed by atoms with Crippen LogP contribution in [0.25, 0.3) is 0 Å². The molecule has 0 aliphatic heterocycles. The van der Waals surface area contributed by atoms with Crippen LogP contribution < -0.4 is 0 Å². The van der Waals surface area contributed by atoms with Gasteiger partial charge >= 0.3 is 0 Å². The van der Waals surface area contributed by atoms with Crippen LogP contribution in [-0.2, 0) is 9.59 Å². The van der Waals surface area contributed by atoms with Gasteiger partial charge in [-0.15, -0.1) is 0 Å². The SMILES string of the molecule is C=C(CC(=O)CC(C)C)C1CCC(C)=CC1=O. The van der Waals surface area contributed by atoms with Gasteiger partial charge in [-0.05, 0) is 31.8 Å². The van der Waals surface area contributed by atoms with Crippen molar-refractivity contribution in [2.45, 2.75) is 46.5 Å². The van der Waals surface area contributed by atoms with E-state index in [1.165, 1.54) is 0 Å². The Morgan fingerprint density at radius 1 is 1.53 bits per heavy atom. The quantitative estimate of drug-likeness (QED) is 0.682. The molecule has 2 heteroatoms. The Bertz CT molecular complexity index is 361. The molecule has 0 amide bonds. The number of rotatable bonds is 5. The summed E-state index contributed by atoms with van der Waals surface area (Å²) in [7, 11) is 0. The normalized spacial score (nSPS) is 20.4. The second-order valence-electron chi connectivity index (χ2n) is 5.46. The first-order chi connectivity index (χ1) is 7.90. The van der Waals surface area contributed by atoms with Crippen LogP contribution in [0, 0.1) is 11.8 Å². The largest absolute Gasteiger partial charge is 0.299 e. The van der Waals surface area contributed by atoms with Crippen molar-refractivity contribution in [2.75, 3.05) is 0 Å². The molecular formula is C15H22O2. The summed E-state index contributed by atoms with van der Waals surface area (Å²) >= 11 is 0. The Kier molecular flexibility index (Phi) is 4.86. The first-order valence-corrected chi connectivity index (χ1v) is 6.30. The van der Waals surface area contributed by atoms with E-state index in [2.05, 4.69) is 6.58 Å². The Hall–Kier alpha value is -1.18. The number of carbonyl (C=O) groups is 2. The zero-order valence-corrected chi connectivity index (χ0v) is 11.1. The van der Waals surface area contributed by atoms with Crippen LogP contribution in [0.15, 0.2) is 23.8 Å². The molecule has 0 spiro atoms. The highest BCUT2D eigenvalue weighted by molar-refractivity contribution is 5.96. The molecule has 94 valence electrons. The van der Waals surface area contributed by atoms with Gasteiger partial charge in [0.05, 0.1) is 0 Å². The van der Waals surface area contributed by atoms with E-state index in [1.54, 1.807) is 6.08 Å². The molecule has 17 heavy (non-hydrogen) atoms. The summed E-state index contributed by atoms with van der Waals surface area (Å²) in [6.45, 7) is 9.96. The van der Waals surface area contributed by atoms with Crippen LogP contribution in [0.1, 0.15) is 46.5 Å². The molecule has 0 saturated carbocycles. The van der Waals surface area contributed by atoms with Gasteiger partial charge in [-0.2, -0.15) is 0 Å². The number of hydrogen-bond donors (Lipinski definition) is 0. The van der Waals surface area contributed by atoms with E-state index in [-0.39, 0.29) is 17.5 Å². The van der Waals surface area contributed by atoms with Gasteiger partial charge in [-0.3, -0.25) is 9.59 Å². The van der Waals surface area contributed by atoms with E-state index < -0.39 is 0 Å². The smallest absolute Gasteiger partial charge is 0.162 e. The van der Waals surface area contributed by atoms with Crippen molar-refractivity contribution in [1.29, 1.82) is 0 Å². The molecule has 2 nitrogen and oxygen atoms in total. The van der Waals surface area contributed by atoms with Crippen molar-refractivity contribution < 1.29 is 9.59 Å². The average Bonchev–Trinajstić information content (AvgIpc) is 2.15. The summed E-state index contributed by atoms with van der Waals surface area (Å²) in [6, 6.07) is 0. The lowest BCUT2D eigenvalue weighted by molar-refractivity contribution is -0.119. The Labute approximate surface area is 104 Å². The summed E-state index contributed by atoms with van der Waals surface area (Å²) < 4.78 is 0. The molecule has 1 rings (SSSR count). The molecule has 0 heterocycles. The van der Waals surface area contributed by atoms with Gasteiger partial charge in [-0.25, -0.2) is 0 Å². The zero-order chi connectivity index (χ0) is 13.0. The van der Waals surface area contributed by atoms with Crippen molar-refractivity contribution in [1.82, 2.24) is 0 Å². The minimum absolute atomic E-state index is 0.121. The second-order valence-corrected chi connectivity index (χ2v) is 5.46. The maximum atomic E-state index is 11.8. The molecule has 0 radical (unpaired) electrons. The fourth-order valence-corrected chi connectivity index (χ4v) is 2.24. The van der Waals surface area contributed by atoms with Crippen LogP contribution in [0.5, 0.6) is 0 Å². The van der Waals surface area contributed by atoms with Gasteiger partial charge in [0.15, 0.2) is 5.78 Å². The van der Waals surface area contributed by atoms with Crippen LogP contribution in [0.4, 0.5) is 0 Å². The molecular weight excluding hydrogens is 212 g/mol. The lowest BCUT2D eigenvalue weighted by atomic mass is 9.82. The third-order valence-electron chi connectivity index (χ3n) is 3.11. The molecule has 0 saturated heterocycles. The predicted octanol–water partition coefficient (Wildman–Crippen LogP) is 3.47. The first-order valence-electron chi connectivity index (χ1n) is 6.30. The summed E-state index contributed by atoms with van der Waals surface area (Å²) in [5.41, 5.74) is 1.93. The molecule has 0 bridgehead atoms. The molecule has 1 aliphatic rings. The lowest BCUT2D eigenvalue weighted by Crippen LogP contribution is -2.20. The highest BCUT2D eigenvalue weighted by atomic mass is 16.1. The van der Waals surface area contributed by atoms with Gasteiger partial charge in [0.1, 0.15) is 5.78 Å². The fourth-order valence-electron chi connectivity index (χ4n) is 2.24. The highest BCUT2D eigenvalue weighted by Gasteiger charge is 2.24. The maximum Gasteiger partial charge on any atom is 0.162 e. The summed E-state index contributed by atoms with van der Waals surface area (Å²) in [6.07, 6.45) is 4.39. The van der Waals surface area contributed by atoms with Gasteiger partial charge in [-0.1, -0.05) is 31.6 Å². The molecule has 0 aromatic rings. The zero-order valence-electron chi connectivity index (χ0n) is 11.1. The summed E-state index contributed by atoms with van der Waals surface area (Å²) in [5, 5.41) is 0. The Morgan fingerprint density at radius 3 is 2.71 bits per heavy atom. The highest BCUT2D eigenvalue weighted by Crippen LogP contribution is 2.27. The van der Waals surface area contributed by atoms with Crippen molar-refractivity contribution in [3.63, 3.8) is 0 Å². The van der Waals surface area contributed by atoms with E-state index in [9.17, 15) is 9.59 Å². The monoisotopic (exact) mass is 234 g/mol. The minimum Gasteiger partial charge on any atom is -0.299 e. The second kappa shape index (κ2) is 5.95. The number of Topliss-reactive ketones (excluding diaryl/α,β-unsaturated/α-hetero) is 1. The van der Waals surface area contributed by atoms with E-state index in [1.807, 2.05) is 20.8 Å². The number of hydrogen-bond acceptors (Lipinski definition) is 2. The van der Waals surface area contributed by atoms with Crippen molar-refractivity contribution in [2.24, 2.45) is 11.8 Å². The summed E-state index contributed by atoms with van der Waals surface area (Å²) in [5.74, 6) is 0.564. The van der Waals surface area contributed by atoms with Gasteiger partial charge < -0.3 is 0 Å². The van der Waals surface area contributed by atoms with Crippen LogP contribution in [-0.4, -0.2) is 11.6 Å². The number of allylic oxidation sites excluding steroid dienone is 3. The van der Waals surface area contributed by atoms with E-state index in [0.717, 1.165) is 24.0 Å². The maximum absolute atomic E-state index is 11.8. The Balaban J connectivity index is 2.54. The molecule has 0 aromatic heterocycles. The third-order valence-corrected chi connectivity index (χ3v) is 3.11. The predicted molar refractivity (Wildman–Crippen MR) is 69.7 cm³/mol. The molecule has 0 aromatic carbocycles. The van der Waals surface area contributed by atoms with E-state index in [4.69, 9.17) is 0 Å². The molecule has 1 aliphatic carbocycles. The van der Waals surface area contributed by atoms with Crippen molar-refractivity contribution >= 4 is 11.6 Å². The van der Waals surface area contributed by atoms with E-state index >= 15 is 0 Å². The van der Waals surface area contributed by atoms with Gasteiger partial charge in [0.25, 0.3) is 0 Å². The van der Waals surface area contributed by atoms with Crippen LogP contribution in [0.3, 0.4) is 0 Å². The van der Waals surface area contributed by atoms with Crippen molar-refractivity contribution in [3.8, 4) is 0 Å². The van der Waals surface area contributed by atoms with Crippen molar-refractivity contribution in [3.05, 3.63) is 23.8 Å². The number of carbonyl (C=O) groups excluding carboxylic acids is 2. The van der Waals surface area contributed by atoms with E-state index in [0.29, 0.717) is 18.8 Å². The third kappa shape index (κ3) is 4.29. The standard InChI is InChI=1S/C15H22O2/c1-10(2)7-13(16)9-12(4)14-6-5-11(3)8-15(14)17/h8,10,14H,4-7,9H2,1-3H3. The molecule has 1 unspecified atom stereocenters. The first kappa shape index (κ1) is 13.9. The fraction of sp³-hybridized carbons (Fsp3) is 0.600. The van der Waals surface area contributed by atoms with Crippen LogP contribution in [0.2, 0.25) is 0 Å². The van der Waals surface area contributed by atoms with Gasteiger partial charge in [0, 0.05) is 18.8 Å². The average molecular weight is 234 g/mol. The van der Waals surface area contributed by atoms with Gasteiger partial charge in [0.2, 0.25) is 0 Å². The minimum atomic E-state index is -0.130. The topological polar surface area (TPSA) is 34.1 Å². The molecule has 1 atom stereocenters. The number of ketones is 2.